The lowest BCUT2D eigenvalue weighted by Gasteiger charge is -2.30. The van der Waals surface area contributed by atoms with Crippen LogP contribution >= 0.6 is 0 Å². The maximum Gasteiger partial charge on any atom is 0.316 e. The zero-order valence-corrected chi connectivity index (χ0v) is 25.5. The van der Waals surface area contributed by atoms with E-state index in [1.165, 1.54) is 21.3 Å². The Morgan fingerprint density at radius 1 is 0.659 bits per heavy atom. The second kappa shape index (κ2) is 13.1. The lowest BCUT2D eigenvalue weighted by molar-refractivity contribution is -0.159. The van der Waals surface area contributed by atoms with E-state index in [9.17, 15) is 9.59 Å². The van der Waals surface area contributed by atoms with E-state index >= 15 is 0 Å². The predicted octanol–water partition coefficient (Wildman–Crippen LogP) is 6.23. The van der Waals surface area contributed by atoms with Crippen LogP contribution in [0.2, 0.25) is 0 Å². The van der Waals surface area contributed by atoms with Crippen molar-refractivity contribution in [2.75, 3.05) is 28.4 Å². The number of rotatable bonds is 11. The highest BCUT2D eigenvalue weighted by Crippen LogP contribution is 2.57. The summed E-state index contributed by atoms with van der Waals surface area (Å²) in [6, 6.07) is 28.7. The molecule has 4 aromatic carbocycles. The van der Waals surface area contributed by atoms with Crippen molar-refractivity contribution in [3.63, 3.8) is 0 Å². The Kier molecular flexibility index (Phi) is 9.09. The van der Waals surface area contributed by atoms with Gasteiger partial charge in [0, 0.05) is 5.92 Å². The number of hydrogen-bond donors (Lipinski definition) is 0. The largest absolute Gasteiger partial charge is 0.493 e. The second-order valence-electron chi connectivity index (χ2n) is 10.7. The van der Waals surface area contributed by atoms with Gasteiger partial charge in [-0.1, -0.05) is 66.7 Å². The molecule has 0 saturated heterocycles. The van der Waals surface area contributed by atoms with Gasteiger partial charge in [0.25, 0.3) is 0 Å². The van der Waals surface area contributed by atoms with Crippen molar-refractivity contribution in [3.8, 4) is 23.0 Å². The minimum Gasteiger partial charge on any atom is -0.493 e. The summed E-state index contributed by atoms with van der Waals surface area (Å²) in [5.74, 6) is -0.725. The highest BCUT2D eigenvalue weighted by atomic mass is 16.5. The fraction of sp³-hybridized carbons (Fsp3) is 0.278. The van der Waals surface area contributed by atoms with Gasteiger partial charge in [0.2, 0.25) is 0 Å². The van der Waals surface area contributed by atoms with Crippen molar-refractivity contribution in [2.24, 2.45) is 5.92 Å². The summed E-state index contributed by atoms with van der Waals surface area (Å²) in [6.07, 6.45) is 0. The Labute approximate surface area is 257 Å². The number of methoxy groups -OCH3 is 4. The Bertz CT molecular complexity index is 1620. The van der Waals surface area contributed by atoms with E-state index in [0.717, 1.165) is 22.3 Å². The average Bonchev–Trinajstić information content (AvgIpc) is 3.34. The van der Waals surface area contributed by atoms with Gasteiger partial charge in [-0.15, -0.1) is 0 Å². The number of fused-ring (bicyclic) bond motifs is 1. The molecule has 228 valence electrons. The first kappa shape index (κ1) is 30.5. The number of esters is 2. The van der Waals surface area contributed by atoms with Crippen LogP contribution in [-0.4, -0.2) is 40.4 Å². The molecule has 0 fully saturated rings. The normalized spacial score (nSPS) is 18.6. The van der Waals surface area contributed by atoms with Gasteiger partial charge in [0.1, 0.15) is 18.6 Å². The van der Waals surface area contributed by atoms with Crippen LogP contribution in [0, 0.1) is 5.92 Å². The lowest BCUT2D eigenvalue weighted by Crippen LogP contribution is -2.43. The van der Waals surface area contributed by atoms with Crippen LogP contribution in [0.4, 0.5) is 0 Å². The van der Waals surface area contributed by atoms with Gasteiger partial charge in [-0.05, 0) is 59.0 Å². The first-order chi connectivity index (χ1) is 21.3. The van der Waals surface area contributed by atoms with Gasteiger partial charge >= 0.3 is 11.9 Å². The Balaban J connectivity index is 1.62. The minimum absolute atomic E-state index is 0.302. The van der Waals surface area contributed by atoms with Gasteiger partial charge in [-0.25, -0.2) is 0 Å². The molecule has 0 amide bonds. The summed E-state index contributed by atoms with van der Waals surface area (Å²) in [5.41, 5.74) is 2.66. The molecule has 0 saturated carbocycles. The second-order valence-corrected chi connectivity index (χ2v) is 10.7. The predicted molar refractivity (Wildman–Crippen MR) is 164 cm³/mol. The maximum atomic E-state index is 13.6. The molecule has 8 heteroatoms. The standard InChI is InChI=1S/C36H36O8/c1-36(35(38)42-5)27-20-30(40-3)31(44-22-24-14-10-7-11-15-24)19-26(27)32(33(36)34(37)41-4)25-16-17-28(29(18-25)39-2)43-21-23-12-8-6-9-13-23/h6-20,32-33H,21-22H2,1-5H3. The molecule has 0 heterocycles. The zero-order valence-electron chi connectivity index (χ0n) is 25.5. The molecular weight excluding hydrogens is 560 g/mol. The van der Waals surface area contributed by atoms with Crippen LogP contribution in [0.15, 0.2) is 91.0 Å². The average molecular weight is 597 g/mol. The molecule has 3 atom stereocenters. The molecule has 3 unspecified atom stereocenters. The van der Waals surface area contributed by atoms with Crippen LogP contribution < -0.4 is 18.9 Å². The van der Waals surface area contributed by atoms with E-state index in [1.807, 2.05) is 84.9 Å². The zero-order chi connectivity index (χ0) is 31.3. The summed E-state index contributed by atoms with van der Waals surface area (Å²) in [4.78, 5) is 27.1. The number of carbonyl (C=O) groups is 2. The maximum absolute atomic E-state index is 13.6. The van der Waals surface area contributed by atoms with Crippen LogP contribution in [0.5, 0.6) is 23.0 Å². The Morgan fingerprint density at radius 3 is 1.77 bits per heavy atom. The molecular formula is C36H36O8. The van der Waals surface area contributed by atoms with E-state index in [2.05, 4.69) is 0 Å². The molecule has 0 spiro atoms. The van der Waals surface area contributed by atoms with Crippen LogP contribution in [0.1, 0.15) is 40.7 Å². The number of hydrogen-bond acceptors (Lipinski definition) is 8. The summed E-state index contributed by atoms with van der Waals surface area (Å²) in [5, 5.41) is 0. The number of carbonyl (C=O) groups excluding carboxylic acids is 2. The van der Waals surface area contributed by atoms with E-state index in [-0.39, 0.29) is 0 Å². The molecule has 1 aliphatic rings. The summed E-state index contributed by atoms with van der Waals surface area (Å²) in [7, 11) is 5.73. The van der Waals surface area contributed by atoms with E-state index < -0.39 is 29.2 Å². The molecule has 0 aromatic heterocycles. The van der Waals surface area contributed by atoms with Crippen LogP contribution in [-0.2, 0) is 37.7 Å². The Hall–Kier alpha value is -4.98. The summed E-state index contributed by atoms with van der Waals surface area (Å²) >= 11 is 0. The fourth-order valence-electron chi connectivity index (χ4n) is 6.02. The molecule has 0 bridgehead atoms. The van der Waals surface area contributed by atoms with Gasteiger partial charge in [0.05, 0.1) is 34.4 Å². The van der Waals surface area contributed by atoms with Crippen molar-refractivity contribution in [1.82, 2.24) is 0 Å². The van der Waals surface area contributed by atoms with Gasteiger partial charge in [-0.2, -0.15) is 0 Å². The molecule has 5 rings (SSSR count). The molecule has 0 radical (unpaired) electrons. The van der Waals surface area contributed by atoms with Crippen molar-refractivity contribution in [3.05, 3.63) is 119 Å². The van der Waals surface area contributed by atoms with Crippen molar-refractivity contribution < 1.29 is 38.0 Å². The highest BCUT2D eigenvalue weighted by molar-refractivity contribution is 5.94. The van der Waals surface area contributed by atoms with E-state index in [4.69, 9.17) is 28.4 Å². The lowest BCUT2D eigenvalue weighted by atomic mass is 9.72. The smallest absolute Gasteiger partial charge is 0.316 e. The summed E-state index contributed by atoms with van der Waals surface area (Å²) < 4.78 is 34.4. The van der Waals surface area contributed by atoms with Crippen molar-refractivity contribution in [2.45, 2.75) is 31.5 Å². The van der Waals surface area contributed by atoms with Gasteiger partial charge in [-0.3, -0.25) is 9.59 Å². The first-order valence-electron chi connectivity index (χ1n) is 14.3. The highest BCUT2D eigenvalue weighted by Gasteiger charge is 2.59. The Morgan fingerprint density at radius 2 is 1.23 bits per heavy atom. The minimum atomic E-state index is -1.39. The molecule has 8 nitrogen and oxygen atoms in total. The van der Waals surface area contributed by atoms with Crippen molar-refractivity contribution in [1.29, 1.82) is 0 Å². The number of ether oxygens (including phenoxy) is 6. The quantitative estimate of drug-likeness (QED) is 0.188. The van der Waals surface area contributed by atoms with E-state index in [0.29, 0.717) is 41.8 Å². The number of benzene rings is 4. The third-order valence-corrected chi connectivity index (χ3v) is 8.27. The SMILES string of the molecule is COC(=O)C1C(c2ccc(OCc3ccccc3)c(OC)c2)c2cc(OCc3ccccc3)c(OC)cc2C1(C)C(=O)OC. The first-order valence-corrected chi connectivity index (χ1v) is 14.3. The van der Waals surface area contributed by atoms with E-state index in [1.54, 1.807) is 20.1 Å². The third-order valence-electron chi connectivity index (χ3n) is 8.27. The fourth-order valence-corrected chi connectivity index (χ4v) is 6.02. The monoisotopic (exact) mass is 596 g/mol. The van der Waals surface area contributed by atoms with Crippen molar-refractivity contribution >= 4 is 11.9 Å². The topological polar surface area (TPSA) is 89.5 Å². The van der Waals surface area contributed by atoms with Gasteiger partial charge in [0.15, 0.2) is 23.0 Å². The molecule has 0 N–H and O–H groups in total. The molecule has 4 aromatic rings. The molecule has 1 aliphatic carbocycles. The van der Waals surface area contributed by atoms with Crippen LogP contribution in [0.3, 0.4) is 0 Å². The molecule has 0 aliphatic heterocycles. The third kappa shape index (κ3) is 5.67. The molecule has 44 heavy (non-hydrogen) atoms. The summed E-state index contributed by atoms with van der Waals surface area (Å²) in [6.45, 7) is 2.37. The van der Waals surface area contributed by atoms with Crippen LogP contribution in [0.25, 0.3) is 0 Å². The van der Waals surface area contributed by atoms with Gasteiger partial charge < -0.3 is 28.4 Å².